The third kappa shape index (κ3) is 3.63. The minimum absolute atomic E-state index is 0.0851. The van der Waals surface area contributed by atoms with Gasteiger partial charge in [-0.3, -0.25) is 0 Å². The van der Waals surface area contributed by atoms with Gasteiger partial charge >= 0.3 is 0 Å². The van der Waals surface area contributed by atoms with Gasteiger partial charge in [-0.2, -0.15) is 0 Å². The van der Waals surface area contributed by atoms with Crippen LogP contribution in [0.2, 0.25) is 10.0 Å². The number of nitrogens with one attached hydrogen (secondary N) is 1. The summed E-state index contributed by atoms with van der Waals surface area (Å²) in [4.78, 5) is 0.335. The van der Waals surface area contributed by atoms with Crippen LogP contribution in [-0.2, 0) is 0 Å². The van der Waals surface area contributed by atoms with Crippen molar-refractivity contribution in [2.24, 2.45) is 5.73 Å². The van der Waals surface area contributed by atoms with Gasteiger partial charge in [0.1, 0.15) is 4.99 Å². The summed E-state index contributed by atoms with van der Waals surface area (Å²) in [7, 11) is 0. The highest BCUT2D eigenvalue weighted by atomic mass is 35.5. The first kappa shape index (κ1) is 15.1. The van der Waals surface area contributed by atoms with Crippen LogP contribution in [0.5, 0.6) is 0 Å². The molecule has 0 bridgehead atoms. The second kappa shape index (κ2) is 6.44. The molecule has 0 aliphatic carbocycles. The van der Waals surface area contributed by atoms with Gasteiger partial charge in [-0.1, -0.05) is 47.6 Å². The monoisotopic (exact) mass is 324 g/mol. The van der Waals surface area contributed by atoms with Crippen molar-refractivity contribution in [2.45, 2.75) is 13.0 Å². The summed E-state index contributed by atoms with van der Waals surface area (Å²) in [6, 6.07) is 13.3. The number of hydrogen-bond donors (Lipinski definition) is 2. The van der Waals surface area contributed by atoms with Crippen LogP contribution in [0.15, 0.2) is 42.5 Å². The first-order valence-corrected chi connectivity index (χ1v) is 7.25. The third-order valence-corrected chi connectivity index (χ3v) is 3.76. The molecule has 0 spiro atoms. The van der Waals surface area contributed by atoms with Gasteiger partial charge in [-0.25, -0.2) is 0 Å². The quantitative estimate of drug-likeness (QED) is 0.793. The van der Waals surface area contributed by atoms with Crippen molar-refractivity contribution in [3.05, 3.63) is 63.6 Å². The van der Waals surface area contributed by atoms with Crippen LogP contribution in [0.25, 0.3) is 0 Å². The average Bonchev–Trinajstić information content (AvgIpc) is 2.40. The lowest BCUT2D eigenvalue weighted by molar-refractivity contribution is 0.885. The zero-order valence-corrected chi connectivity index (χ0v) is 13.2. The highest BCUT2D eigenvalue weighted by molar-refractivity contribution is 7.80. The summed E-state index contributed by atoms with van der Waals surface area (Å²) >= 11 is 17.2. The zero-order chi connectivity index (χ0) is 14.7. The summed E-state index contributed by atoms with van der Waals surface area (Å²) in [5, 5.41) is 4.65. The second-order valence-electron chi connectivity index (χ2n) is 4.48. The van der Waals surface area contributed by atoms with E-state index in [4.69, 9.17) is 41.2 Å². The van der Waals surface area contributed by atoms with E-state index in [2.05, 4.69) is 5.32 Å². The van der Waals surface area contributed by atoms with Gasteiger partial charge in [-0.15, -0.1) is 0 Å². The standard InChI is InChI=1S/C15H14Cl2N2S/c1-9(10-3-2-4-12(16)7-10)19-14-6-5-11(15(18)20)8-13(14)17/h2-9,19H,1H3,(H2,18,20). The molecule has 2 nitrogen and oxygen atoms in total. The summed E-state index contributed by atoms with van der Waals surface area (Å²) in [6.07, 6.45) is 0. The summed E-state index contributed by atoms with van der Waals surface area (Å²) in [6.45, 7) is 2.05. The molecule has 0 aromatic heterocycles. The van der Waals surface area contributed by atoms with E-state index in [0.717, 1.165) is 16.8 Å². The van der Waals surface area contributed by atoms with E-state index in [1.165, 1.54) is 0 Å². The molecule has 2 rings (SSSR count). The fourth-order valence-electron chi connectivity index (χ4n) is 1.88. The number of halogens is 2. The fourth-order valence-corrected chi connectivity index (χ4v) is 2.44. The molecule has 1 unspecified atom stereocenters. The minimum atomic E-state index is 0.0851. The Balaban J connectivity index is 2.19. The maximum atomic E-state index is 6.23. The highest BCUT2D eigenvalue weighted by Gasteiger charge is 2.09. The van der Waals surface area contributed by atoms with Crippen LogP contribution in [0, 0.1) is 0 Å². The molecule has 0 radical (unpaired) electrons. The van der Waals surface area contributed by atoms with E-state index >= 15 is 0 Å². The van der Waals surface area contributed by atoms with Gasteiger partial charge in [0.25, 0.3) is 0 Å². The Bertz CT molecular complexity index is 644. The lowest BCUT2D eigenvalue weighted by atomic mass is 10.1. The van der Waals surface area contributed by atoms with Crippen molar-refractivity contribution in [2.75, 3.05) is 5.32 Å². The molecule has 20 heavy (non-hydrogen) atoms. The molecule has 0 fully saturated rings. The lowest BCUT2D eigenvalue weighted by Crippen LogP contribution is -2.10. The van der Waals surface area contributed by atoms with Crippen molar-refractivity contribution in [3.63, 3.8) is 0 Å². The van der Waals surface area contributed by atoms with Crippen LogP contribution in [0.4, 0.5) is 5.69 Å². The van der Waals surface area contributed by atoms with Crippen molar-refractivity contribution in [1.29, 1.82) is 0 Å². The molecule has 2 aromatic carbocycles. The van der Waals surface area contributed by atoms with Gasteiger partial charge in [0.15, 0.2) is 0 Å². The van der Waals surface area contributed by atoms with E-state index in [1.54, 1.807) is 6.07 Å². The van der Waals surface area contributed by atoms with Crippen LogP contribution in [0.3, 0.4) is 0 Å². The smallest absolute Gasteiger partial charge is 0.104 e. The largest absolute Gasteiger partial charge is 0.389 e. The molecular weight excluding hydrogens is 311 g/mol. The molecule has 104 valence electrons. The Hall–Kier alpha value is -1.29. The predicted octanol–water partition coefficient (Wildman–Crippen LogP) is 4.80. The molecule has 0 saturated heterocycles. The number of hydrogen-bond acceptors (Lipinski definition) is 2. The van der Waals surface area contributed by atoms with Crippen LogP contribution >= 0.6 is 35.4 Å². The topological polar surface area (TPSA) is 38.0 Å². The number of anilines is 1. The Kier molecular flexibility index (Phi) is 4.86. The Morgan fingerprint density at radius 1 is 1.20 bits per heavy atom. The molecule has 0 aliphatic heterocycles. The van der Waals surface area contributed by atoms with Gasteiger partial charge in [0, 0.05) is 16.6 Å². The van der Waals surface area contributed by atoms with Crippen LogP contribution in [-0.4, -0.2) is 4.99 Å². The summed E-state index contributed by atoms with van der Waals surface area (Å²) < 4.78 is 0. The van der Waals surface area contributed by atoms with E-state index in [-0.39, 0.29) is 6.04 Å². The average molecular weight is 325 g/mol. The van der Waals surface area contributed by atoms with E-state index in [0.29, 0.717) is 15.0 Å². The Morgan fingerprint density at radius 3 is 2.55 bits per heavy atom. The molecule has 2 aromatic rings. The molecule has 5 heteroatoms. The molecule has 3 N–H and O–H groups in total. The third-order valence-electron chi connectivity index (χ3n) is 2.97. The van der Waals surface area contributed by atoms with Crippen molar-refractivity contribution < 1.29 is 0 Å². The Labute approximate surface area is 133 Å². The van der Waals surface area contributed by atoms with E-state index in [9.17, 15) is 0 Å². The van der Waals surface area contributed by atoms with Crippen molar-refractivity contribution in [3.8, 4) is 0 Å². The van der Waals surface area contributed by atoms with E-state index in [1.807, 2.05) is 43.3 Å². The number of thiocarbonyl (C=S) groups is 1. The number of nitrogens with two attached hydrogens (primary N) is 1. The summed E-state index contributed by atoms with van der Waals surface area (Å²) in [5.74, 6) is 0. The molecule has 1 atom stereocenters. The normalized spacial score (nSPS) is 11.9. The molecule has 0 heterocycles. The first-order valence-electron chi connectivity index (χ1n) is 6.08. The predicted molar refractivity (Wildman–Crippen MR) is 90.8 cm³/mol. The summed E-state index contributed by atoms with van der Waals surface area (Å²) in [5.41, 5.74) is 8.26. The Morgan fingerprint density at radius 2 is 1.95 bits per heavy atom. The van der Waals surface area contributed by atoms with Gasteiger partial charge in [-0.05, 0) is 42.8 Å². The second-order valence-corrected chi connectivity index (χ2v) is 5.76. The van der Waals surface area contributed by atoms with E-state index < -0.39 is 0 Å². The molecule has 0 amide bonds. The van der Waals surface area contributed by atoms with Crippen LogP contribution < -0.4 is 11.1 Å². The molecule has 0 aliphatic rings. The minimum Gasteiger partial charge on any atom is -0.389 e. The first-order chi connectivity index (χ1) is 9.47. The van der Waals surface area contributed by atoms with Crippen molar-refractivity contribution in [1.82, 2.24) is 0 Å². The molecule has 0 saturated carbocycles. The molecular formula is C15H14Cl2N2S. The highest BCUT2D eigenvalue weighted by Crippen LogP contribution is 2.28. The maximum Gasteiger partial charge on any atom is 0.104 e. The lowest BCUT2D eigenvalue weighted by Gasteiger charge is -2.17. The number of benzene rings is 2. The van der Waals surface area contributed by atoms with Gasteiger partial charge in [0.05, 0.1) is 10.7 Å². The van der Waals surface area contributed by atoms with Crippen LogP contribution in [0.1, 0.15) is 24.1 Å². The SMILES string of the molecule is CC(Nc1ccc(C(N)=S)cc1Cl)c1cccc(Cl)c1. The van der Waals surface area contributed by atoms with Gasteiger partial charge in [0.2, 0.25) is 0 Å². The fraction of sp³-hybridized carbons (Fsp3) is 0.133. The number of rotatable bonds is 4. The zero-order valence-electron chi connectivity index (χ0n) is 10.9. The van der Waals surface area contributed by atoms with Crippen molar-refractivity contribution >= 4 is 46.1 Å². The van der Waals surface area contributed by atoms with Gasteiger partial charge < -0.3 is 11.1 Å². The maximum absolute atomic E-state index is 6.23.